The Kier molecular flexibility index (Phi) is 6.09. The molecule has 0 aliphatic heterocycles. The molecule has 0 spiro atoms. The third kappa shape index (κ3) is 4.21. The minimum absolute atomic E-state index is 0.185. The van der Waals surface area contributed by atoms with E-state index in [1.165, 1.54) is 28.7 Å². The lowest BCUT2D eigenvalue weighted by atomic mass is 10.2. The van der Waals surface area contributed by atoms with E-state index in [-0.39, 0.29) is 5.56 Å². The highest BCUT2D eigenvalue weighted by Crippen LogP contribution is 2.21. The van der Waals surface area contributed by atoms with Crippen LogP contribution < -0.4 is 19.6 Å². The Morgan fingerprint density at radius 2 is 1.90 bits per heavy atom. The Labute approximate surface area is 178 Å². The lowest BCUT2D eigenvalue weighted by Crippen LogP contribution is -2.23. The number of hydrogen-bond acceptors (Lipinski definition) is 6. The number of para-hydroxylation sites is 1. The van der Waals surface area contributed by atoms with E-state index in [2.05, 4.69) is 17.0 Å². The standard InChI is InChI=1S/C23H23N3O3S/c1-3-4-7-14-29-18-12-10-16(11-13-18)21-24-23-26(25-21)22(27)20(30-23)15-17-8-5-6-9-19(17)28-2/h5-6,8-13,15H,3-4,7,14H2,1-2H3. The summed E-state index contributed by atoms with van der Waals surface area (Å²) in [6, 6.07) is 15.2. The number of fused-ring (bicyclic) bond motifs is 1. The largest absolute Gasteiger partial charge is 0.496 e. The zero-order valence-corrected chi connectivity index (χ0v) is 17.8. The molecule has 7 heteroatoms. The van der Waals surface area contributed by atoms with Crippen molar-refractivity contribution in [3.63, 3.8) is 0 Å². The fourth-order valence-electron chi connectivity index (χ4n) is 3.13. The first-order valence-corrected chi connectivity index (χ1v) is 10.8. The van der Waals surface area contributed by atoms with E-state index in [0.717, 1.165) is 29.9 Å². The summed E-state index contributed by atoms with van der Waals surface area (Å²) in [7, 11) is 1.61. The van der Waals surface area contributed by atoms with Gasteiger partial charge in [0.2, 0.25) is 4.96 Å². The quantitative estimate of drug-likeness (QED) is 0.403. The number of nitrogens with zero attached hydrogens (tertiary/aromatic N) is 3. The van der Waals surface area contributed by atoms with Crippen LogP contribution in [0.1, 0.15) is 31.7 Å². The number of rotatable bonds is 8. The van der Waals surface area contributed by atoms with Gasteiger partial charge in [-0.15, -0.1) is 5.10 Å². The van der Waals surface area contributed by atoms with Gasteiger partial charge in [-0.2, -0.15) is 9.50 Å². The molecule has 0 saturated heterocycles. The number of hydrogen-bond donors (Lipinski definition) is 0. The van der Waals surface area contributed by atoms with Crippen molar-refractivity contribution in [1.82, 2.24) is 14.6 Å². The average Bonchev–Trinajstić information content (AvgIpc) is 3.31. The average molecular weight is 422 g/mol. The topological polar surface area (TPSA) is 65.7 Å². The van der Waals surface area contributed by atoms with Crippen LogP contribution in [0.15, 0.2) is 53.3 Å². The van der Waals surface area contributed by atoms with Crippen molar-refractivity contribution in [2.24, 2.45) is 0 Å². The number of methoxy groups -OCH3 is 1. The van der Waals surface area contributed by atoms with Gasteiger partial charge >= 0.3 is 0 Å². The van der Waals surface area contributed by atoms with E-state index in [1.807, 2.05) is 54.6 Å². The van der Waals surface area contributed by atoms with Crippen molar-refractivity contribution in [1.29, 1.82) is 0 Å². The Bertz CT molecular complexity index is 1250. The first-order chi connectivity index (χ1) is 14.7. The first kappa shape index (κ1) is 20.1. The third-order valence-electron chi connectivity index (χ3n) is 4.74. The summed E-state index contributed by atoms with van der Waals surface area (Å²) in [5.41, 5.74) is 1.51. The molecule has 0 saturated carbocycles. The van der Waals surface area contributed by atoms with Crippen LogP contribution in [0.25, 0.3) is 22.4 Å². The molecule has 0 fully saturated rings. The summed E-state index contributed by atoms with van der Waals surface area (Å²) in [6.07, 6.45) is 5.21. The fourth-order valence-corrected chi connectivity index (χ4v) is 4.02. The number of aromatic nitrogens is 3. The molecule has 154 valence electrons. The van der Waals surface area contributed by atoms with Gasteiger partial charge in [0.15, 0.2) is 5.82 Å². The van der Waals surface area contributed by atoms with E-state index >= 15 is 0 Å². The van der Waals surface area contributed by atoms with Crippen LogP contribution in [0, 0.1) is 0 Å². The summed E-state index contributed by atoms with van der Waals surface area (Å²) in [5.74, 6) is 2.07. The highest BCUT2D eigenvalue weighted by atomic mass is 32.1. The van der Waals surface area contributed by atoms with E-state index < -0.39 is 0 Å². The van der Waals surface area contributed by atoms with Crippen LogP contribution in [0.5, 0.6) is 11.5 Å². The smallest absolute Gasteiger partial charge is 0.291 e. The van der Waals surface area contributed by atoms with Crippen LogP contribution >= 0.6 is 11.3 Å². The van der Waals surface area contributed by atoms with Crippen LogP contribution in [0.3, 0.4) is 0 Å². The minimum Gasteiger partial charge on any atom is -0.496 e. The normalized spacial score (nSPS) is 11.9. The van der Waals surface area contributed by atoms with Crippen molar-refractivity contribution in [3.05, 3.63) is 69.0 Å². The summed E-state index contributed by atoms with van der Waals surface area (Å²) < 4.78 is 13.0. The molecule has 6 nitrogen and oxygen atoms in total. The van der Waals surface area contributed by atoms with Gasteiger partial charge in [0.25, 0.3) is 5.56 Å². The first-order valence-electron chi connectivity index (χ1n) is 9.97. The van der Waals surface area contributed by atoms with E-state index in [4.69, 9.17) is 9.47 Å². The monoisotopic (exact) mass is 421 g/mol. The van der Waals surface area contributed by atoms with Gasteiger partial charge in [0.05, 0.1) is 18.2 Å². The number of ether oxygens (including phenoxy) is 2. The maximum Gasteiger partial charge on any atom is 0.291 e. The molecule has 2 heterocycles. The van der Waals surface area contributed by atoms with Gasteiger partial charge < -0.3 is 9.47 Å². The van der Waals surface area contributed by atoms with Gasteiger partial charge in [-0.05, 0) is 42.8 Å². The van der Waals surface area contributed by atoms with Crippen LogP contribution in [0.4, 0.5) is 0 Å². The van der Waals surface area contributed by atoms with Gasteiger partial charge in [-0.3, -0.25) is 4.79 Å². The highest BCUT2D eigenvalue weighted by Gasteiger charge is 2.12. The van der Waals surface area contributed by atoms with Crippen molar-refractivity contribution in [3.8, 4) is 22.9 Å². The van der Waals surface area contributed by atoms with Crippen molar-refractivity contribution >= 4 is 22.4 Å². The molecule has 0 aliphatic carbocycles. The SMILES string of the molecule is CCCCCOc1ccc(-c2nc3sc(=Cc4ccccc4OC)c(=O)n3n2)cc1. The maximum absolute atomic E-state index is 12.8. The summed E-state index contributed by atoms with van der Waals surface area (Å²) in [6.45, 7) is 2.89. The fraction of sp³-hybridized carbons (Fsp3) is 0.261. The maximum atomic E-state index is 12.8. The minimum atomic E-state index is -0.185. The highest BCUT2D eigenvalue weighted by molar-refractivity contribution is 7.15. The molecular weight excluding hydrogens is 398 g/mol. The number of thiazole rings is 1. The molecule has 0 radical (unpaired) electrons. The van der Waals surface area contributed by atoms with E-state index in [9.17, 15) is 4.79 Å². The molecule has 4 rings (SSSR count). The Hall–Kier alpha value is -3.19. The summed E-state index contributed by atoms with van der Waals surface area (Å²) >= 11 is 1.31. The molecule has 0 aliphatic rings. The zero-order chi connectivity index (χ0) is 20.9. The Morgan fingerprint density at radius 3 is 2.63 bits per heavy atom. The van der Waals surface area contributed by atoms with Crippen molar-refractivity contribution < 1.29 is 9.47 Å². The second kappa shape index (κ2) is 9.09. The number of unbranched alkanes of at least 4 members (excludes halogenated alkanes) is 2. The predicted octanol–water partition coefficient (Wildman–Crippen LogP) is 3.94. The molecule has 2 aromatic heterocycles. The summed E-state index contributed by atoms with van der Waals surface area (Å²) in [4.78, 5) is 17.9. The molecule has 0 bridgehead atoms. The van der Waals surface area contributed by atoms with Crippen LogP contribution in [-0.4, -0.2) is 28.3 Å². The second-order valence-corrected chi connectivity index (χ2v) is 7.88. The molecule has 0 atom stereocenters. The van der Waals surface area contributed by atoms with Gasteiger partial charge in [0.1, 0.15) is 11.5 Å². The lowest BCUT2D eigenvalue weighted by molar-refractivity contribution is 0.306. The lowest BCUT2D eigenvalue weighted by Gasteiger charge is -2.05. The molecular formula is C23H23N3O3S. The zero-order valence-electron chi connectivity index (χ0n) is 17.0. The van der Waals surface area contributed by atoms with Gasteiger partial charge in [-0.25, -0.2) is 0 Å². The number of benzene rings is 2. The molecule has 0 N–H and O–H groups in total. The van der Waals surface area contributed by atoms with Crippen molar-refractivity contribution in [2.75, 3.05) is 13.7 Å². The van der Waals surface area contributed by atoms with Crippen molar-refractivity contribution in [2.45, 2.75) is 26.2 Å². The molecule has 30 heavy (non-hydrogen) atoms. The van der Waals surface area contributed by atoms with Gasteiger partial charge in [-0.1, -0.05) is 49.3 Å². The Balaban J connectivity index is 1.58. The summed E-state index contributed by atoms with van der Waals surface area (Å²) in [5, 5.41) is 4.41. The second-order valence-electron chi connectivity index (χ2n) is 6.87. The Morgan fingerprint density at radius 1 is 1.10 bits per heavy atom. The van der Waals surface area contributed by atoms with Gasteiger partial charge in [0, 0.05) is 11.1 Å². The predicted molar refractivity (Wildman–Crippen MR) is 119 cm³/mol. The van der Waals surface area contributed by atoms with E-state index in [1.54, 1.807) is 7.11 Å². The third-order valence-corrected chi connectivity index (χ3v) is 5.70. The molecule has 4 aromatic rings. The van der Waals surface area contributed by atoms with Crippen LogP contribution in [0.2, 0.25) is 0 Å². The van der Waals surface area contributed by atoms with E-state index in [0.29, 0.717) is 21.1 Å². The molecule has 2 aromatic carbocycles. The molecule has 0 unspecified atom stereocenters. The van der Waals surface area contributed by atoms with Crippen LogP contribution in [-0.2, 0) is 0 Å². The molecule has 0 amide bonds.